The Morgan fingerprint density at radius 2 is 1.83 bits per heavy atom. The average molecular weight is 408 g/mol. The van der Waals surface area contributed by atoms with E-state index in [9.17, 15) is 9.59 Å². The highest BCUT2D eigenvalue weighted by Crippen LogP contribution is 2.39. The summed E-state index contributed by atoms with van der Waals surface area (Å²) in [4.78, 5) is 32.1. The van der Waals surface area contributed by atoms with Crippen molar-refractivity contribution in [1.82, 2.24) is 9.88 Å². The third-order valence-corrected chi connectivity index (χ3v) is 6.27. The topological polar surface area (TPSA) is 68.7 Å². The molecule has 2 atom stereocenters. The van der Waals surface area contributed by atoms with Crippen molar-refractivity contribution in [2.24, 2.45) is 5.92 Å². The minimum Gasteiger partial charge on any atom is -0.481 e. The lowest BCUT2D eigenvalue weighted by atomic mass is 9.76. The van der Waals surface area contributed by atoms with E-state index in [2.05, 4.69) is 4.98 Å². The molecular formula is C24H28N2O4. The smallest absolute Gasteiger partial charge is 0.410 e. The van der Waals surface area contributed by atoms with E-state index in [0.717, 1.165) is 30.4 Å². The van der Waals surface area contributed by atoms with Crippen molar-refractivity contribution in [3.8, 4) is 5.88 Å². The van der Waals surface area contributed by atoms with Crippen LogP contribution < -0.4 is 4.74 Å². The zero-order valence-corrected chi connectivity index (χ0v) is 17.5. The molecule has 2 aliphatic rings. The van der Waals surface area contributed by atoms with Crippen molar-refractivity contribution in [3.63, 3.8) is 0 Å². The van der Waals surface area contributed by atoms with Crippen LogP contribution in [-0.2, 0) is 11.3 Å². The number of nitrogens with zero attached hydrogens (tertiary/aromatic N) is 2. The molecule has 2 saturated heterocycles. The van der Waals surface area contributed by atoms with E-state index in [0.29, 0.717) is 24.3 Å². The number of aryl methyl sites for hydroxylation is 1. The number of ketones is 1. The molecule has 30 heavy (non-hydrogen) atoms. The number of carbonyl (C=O) groups excluding carboxylic acids is 2. The number of pyridine rings is 1. The van der Waals surface area contributed by atoms with Crippen LogP contribution in [0, 0.1) is 12.8 Å². The van der Waals surface area contributed by atoms with Gasteiger partial charge < -0.3 is 14.4 Å². The van der Waals surface area contributed by atoms with Gasteiger partial charge in [0.05, 0.1) is 7.11 Å². The van der Waals surface area contributed by atoms with E-state index >= 15 is 0 Å². The van der Waals surface area contributed by atoms with Gasteiger partial charge in [0.2, 0.25) is 5.88 Å². The fourth-order valence-corrected chi connectivity index (χ4v) is 4.83. The Hall–Kier alpha value is -2.89. The first-order valence-electron chi connectivity index (χ1n) is 10.6. The van der Waals surface area contributed by atoms with E-state index in [4.69, 9.17) is 9.47 Å². The maximum absolute atomic E-state index is 13.2. The van der Waals surface area contributed by atoms with Crippen LogP contribution in [0.4, 0.5) is 4.79 Å². The summed E-state index contributed by atoms with van der Waals surface area (Å²) < 4.78 is 10.8. The number of ether oxygens (including phenoxy) is 2. The summed E-state index contributed by atoms with van der Waals surface area (Å²) in [5, 5.41) is 0. The van der Waals surface area contributed by atoms with E-state index in [-0.39, 0.29) is 36.5 Å². The molecule has 2 aromatic rings. The highest BCUT2D eigenvalue weighted by Gasteiger charge is 2.43. The lowest BCUT2D eigenvalue weighted by molar-refractivity contribution is 0.00471. The Kier molecular flexibility index (Phi) is 6.02. The molecule has 1 aromatic heterocycles. The summed E-state index contributed by atoms with van der Waals surface area (Å²) in [5.41, 5.74) is 2.45. The van der Waals surface area contributed by atoms with Gasteiger partial charge in [-0.05, 0) is 50.7 Å². The molecule has 158 valence electrons. The van der Waals surface area contributed by atoms with Crippen LogP contribution in [0.3, 0.4) is 0 Å². The molecule has 0 N–H and O–H groups in total. The van der Waals surface area contributed by atoms with Crippen LogP contribution in [0.5, 0.6) is 5.88 Å². The fraction of sp³-hybridized carbons (Fsp3) is 0.458. The predicted octanol–water partition coefficient (Wildman–Crippen LogP) is 4.55. The molecule has 2 unspecified atom stereocenters. The van der Waals surface area contributed by atoms with Gasteiger partial charge in [-0.3, -0.25) is 4.79 Å². The Balaban J connectivity index is 1.43. The quantitative estimate of drug-likeness (QED) is 0.679. The summed E-state index contributed by atoms with van der Waals surface area (Å²) in [5.74, 6) is 0.565. The second-order valence-corrected chi connectivity index (χ2v) is 8.27. The number of fused-ring (bicyclic) bond motifs is 2. The van der Waals surface area contributed by atoms with E-state index < -0.39 is 0 Å². The maximum atomic E-state index is 13.2. The molecule has 3 heterocycles. The molecule has 0 aliphatic carbocycles. The molecule has 0 radical (unpaired) electrons. The van der Waals surface area contributed by atoms with Gasteiger partial charge in [-0.15, -0.1) is 0 Å². The van der Waals surface area contributed by atoms with Crippen molar-refractivity contribution < 1.29 is 19.1 Å². The van der Waals surface area contributed by atoms with Crippen LogP contribution in [0.25, 0.3) is 0 Å². The number of carbonyl (C=O) groups is 2. The fourth-order valence-electron chi connectivity index (χ4n) is 4.83. The number of benzene rings is 1. The van der Waals surface area contributed by atoms with E-state index in [1.165, 1.54) is 0 Å². The average Bonchev–Trinajstić information content (AvgIpc) is 2.76. The third-order valence-electron chi connectivity index (χ3n) is 6.27. The Labute approximate surface area is 177 Å². The molecule has 0 saturated carbocycles. The van der Waals surface area contributed by atoms with Gasteiger partial charge in [-0.1, -0.05) is 30.3 Å². The van der Waals surface area contributed by atoms with Gasteiger partial charge in [0.25, 0.3) is 0 Å². The molecule has 4 rings (SSSR count). The van der Waals surface area contributed by atoms with E-state index in [1.807, 2.05) is 48.2 Å². The highest BCUT2D eigenvalue weighted by molar-refractivity contribution is 5.98. The summed E-state index contributed by atoms with van der Waals surface area (Å²) in [6.45, 7) is 2.16. The zero-order chi connectivity index (χ0) is 21.1. The molecule has 1 amide bonds. The largest absolute Gasteiger partial charge is 0.481 e. The van der Waals surface area contributed by atoms with Crippen LogP contribution in [-0.4, -0.2) is 41.0 Å². The van der Waals surface area contributed by atoms with Gasteiger partial charge in [0.1, 0.15) is 6.61 Å². The summed E-state index contributed by atoms with van der Waals surface area (Å²) in [6.07, 6.45) is 5.62. The molecule has 1 aromatic carbocycles. The first-order valence-corrected chi connectivity index (χ1v) is 10.6. The standard InChI is InChI=1S/C24H28N2O4/c1-16-11-19(14-25-23(16)29-2)22(27)18-12-20-9-6-10-21(13-18)26(20)24(28)30-15-17-7-4-3-5-8-17/h3-5,7-8,11,14,18,20-21H,6,9-10,12-13,15H2,1-2H3. The SMILES string of the molecule is COc1ncc(C(=O)C2CC3CCCC(C2)N3C(=O)OCc2ccccc2)cc1C. The number of piperidine rings is 2. The first kappa shape index (κ1) is 20.4. The number of rotatable bonds is 5. The van der Waals surface area contributed by atoms with Crippen LogP contribution in [0.1, 0.15) is 53.6 Å². The van der Waals surface area contributed by atoms with Crippen LogP contribution >= 0.6 is 0 Å². The van der Waals surface area contributed by atoms with Crippen molar-refractivity contribution in [3.05, 3.63) is 59.3 Å². The molecular weight excluding hydrogens is 380 g/mol. The normalized spacial score (nSPS) is 23.0. The molecule has 0 spiro atoms. The molecule has 2 bridgehead atoms. The van der Waals surface area contributed by atoms with Gasteiger partial charge >= 0.3 is 6.09 Å². The summed E-state index contributed by atoms with van der Waals surface area (Å²) in [7, 11) is 1.57. The molecule has 6 heteroatoms. The second-order valence-electron chi connectivity index (χ2n) is 8.27. The minimum absolute atomic E-state index is 0.0574. The number of methoxy groups -OCH3 is 1. The number of Topliss-reactive ketones (excluding diaryl/α,β-unsaturated/α-hetero) is 1. The third kappa shape index (κ3) is 4.18. The Morgan fingerprint density at radius 1 is 1.13 bits per heavy atom. The zero-order valence-electron chi connectivity index (χ0n) is 17.5. The molecule has 2 fully saturated rings. The van der Waals surface area contributed by atoms with Crippen molar-refractivity contribution in [2.75, 3.05) is 7.11 Å². The Bertz CT molecular complexity index is 901. The van der Waals surface area contributed by atoms with Crippen LogP contribution in [0.2, 0.25) is 0 Å². The number of hydrogen-bond acceptors (Lipinski definition) is 5. The predicted molar refractivity (Wildman–Crippen MR) is 112 cm³/mol. The maximum Gasteiger partial charge on any atom is 0.410 e. The number of aromatic nitrogens is 1. The van der Waals surface area contributed by atoms with Crippen molar-refractivity contribution in [1.29, 1.82) is 0 Å². The van der Waals surface area contributed by atoms with Gasteiger partial charge in [0, 0.05) is 35.3 Å². The minimum atomic E-state index is -0.263. The monoisotopic (exact) mass is 408 g/mol. The number of hydrogen-bond donors (Lipinski definition) is 0. The van der Waals surface area contributed by atoms with Gasteiger partial charge in [0.15, 0.2) is 5.78 Å². The van der Waals surface area contributed by atoms with Crippen LogP contribution in [0.15, 0.2) is 42.6 Å². The van der Waals surface area contributed by atoms with Crippen molar-refractivity contribution in [2.45, 2.75) is 57.7 Å². The summed E-state index contributed by atoms with van der Waals surface area (Å²) >= 11 is 0. The Morgan fingerprint density at radius 3 is 2.47 bits per heavy atom. The lowest BCUT2D eigenvalue weighted by Crippen LogP contribution is -2.55. The lowest BCUT2D eigenvalue weighted by Gasteiger charge is -2.47. The van der Waals surface area contributed by atoms with Gasteiger partial charge in [-0.2, -0.15) is 0 Å². The number of amides is 1. The highest BCUT2D eigenvalue weighted by atomic mass is 16.6. The molecule has 2 aliphatic heterocycles. The second kappa shape index (κ2) is 8.86. The van der Waals surface area contributed by atoms with Gasteiger partial charge in [-0.25, -0.2) is 9.78 Å². The van der Waals surface area contributed by atoms with E-state index in [1.54, 1.807) is 13.3 Å². The first-order chi connectivity index (χ1) is 14.6. The summed E-state index contributed by atoms with van der Waals surface area (Å²) in [6, 6.07) is 11.7. The molecule has 6 nitrogen and oxygen atoms in total. The van der Waals surface area contributed by atoms with Crippen molar-refractivity contribution >= 4 is 11.9 Å².